The van der Waals surface area contributed by atoms with Crippen molar-refractivity contribution in [3.63, 3.8) is 0 Å². The van der Waals surface area contributed by atoms with Gasteiger partial charge in [0.1, 0.15) is 5.82 Å². The van der Waals surface area contributed by atoms with Crippen LogP contribution in [-0.4, -0.2) is 70.7 Å². The lowest BCUT2D eigenvalue weighted by Gasteiger charge is -2.35. The average Bonchev–Trinajstić information content (AvgIpc) is 3.46. The number of rotatable bonds is 6. The van der Waals surface area contributed by atoms with Crippen molar-refractivity contribution >= 4 is 16.9 Å². The summed E-state index contributed by atoms with van der Waals surface area (Å²) in [5.74, 6) is 1.17. The fourth-order valence-corrected chi connectivity index (χ4v) is 4.74. The fourth-order valence-electron chi connectivity index (χ4n) is 4.74. The molecule has 2 aromatic carbocycles. The van der Waals surface area contributed by atoms with E-state index >= 15 is 0 Å². The molecular formula is C25H30N4O2. The normalized spacial score (nSPS) is 19.9. The van der Waals surface area contributed by atoms with E-state index in [-0.39, 0.29) is 5.91 Å². The zero-order chi connectivity index (χ0) is 21.0. The smallest absolute Gasteiger partial charge is 0.223 e. The number of benzene rings is 2. The monoisotopic (exact) mass is 418 g/mol. The van der Waals surface area contributed by atoms with E-state index in [4.69, 9.17) is 9.72 Å². The minimum atomic E-state index is 0.225. The summed E-state index contributed by atoms with van der Waals surface area (Å²) in [6.45, 7) is 5.39. The number of imidazole rings is 1. The Morgan fingerprint density at radius 3 is 2.55 bits per heavy atom. The zero-order valence-corrected chi connectivity index (χ0v) is 17.9. The Balaban J connectivity index is 1.23. The van der Waals surface area contributed by atoms with Crippen LogP contribution in [0.4, 0.5) is 0 Å². The third-order valence-electron chi connectivity index (χ3n) is 6.42. The fraction of sp³-hybridized carbons (Fsp3) is 0.440. The Kier molecular flexibility index (Phi) is 6.00. The number of ether oxygens (including phenoxy) is 1. The first-order valence-corrected chi connectivity index (χ1v) is 11.4. The molecule has 162 valence electrons. The van der Waals surface area contributed by atoms with Crippen LogP contribution in [-0.2, 0) is 16.0 Å². The third kappa shape index (κ3) is 4.50. The number of fused-ring (bicyclic) bond motifs is 1. The molecule has 6 nitrogen and oxygen atoms in total. The maximum Gasteiger partial charge on any atom is 0.223 e. The minimum Gasteiger partial charge on any atom is -0.377 e. The van der Waals surface area contributed by atoms with Crippen molar-refractivity contribution in [3.05, 3.63) is 60.4 Å². The van der Waals surface area contributed by atoms with Crippen LogP contribution < -0.4 is 0 Å². The summed E-state index contributed by atoms with van der Waals surface area (Å²) >= 11 is 0. The molecule has 0 bridgehead atoms. The molecule has 2 fully saturated rings. The highest BCUT2D eigenvalue weighted by molar-refractivity contribution is 5.79. The number of para-hydroxylation sites is 3. The van der Waals surface area contributed by atoms with E-state index in [1.165, 1.54) is 12.8 Å². The molecule has 3 aromatic rings. The van der Waals surface area contributed by atoms with E-state index in [1.807, 2.05) is 41.3 Å². The number of aromatic nitrogens is 2. The number of hydrogen-bond acceptors (Lipinski definition) is 4. The van der Waals surface area contributed by atoms with Crippen LogP contribution in [0.25, 0.3) is 16.7 Å². The summed E-state index contributed by atoms with van der Waals surface area (Å²) in [7, 11) is 0. The zero-order valence-electron chi connectivity index (χ0n) is 17.9. The van der Waals surface area contributed by atoms with Gasteiger partial charge in [0.15, 0.2) is 0 Å². The van der Waals surface area contributed by atoms with E-state index in [1.54, 1.807) is 0 Å². The molecule has 3 heterocycles. The van der Waals surface area contributed by atoms with E-state index in [0.717, 1.165) is 61.9 Å². The van der Waals surface area contributed by atoms with Gasteiger partial charge in [0.2, 0.25) is 5.91 Å². The first kappa shape index (κ1) is 20.2. The molecule has 31 heavy (non-hydrogen) atoms. The van der Waals surface area contributed by atoms with E-state index in [9.17, 15) is 4.79 Å². The second-order valence-corrected chi connectivity index (χ2v) is 8.50. The van der Waals surface area contributed by atoms with E-state index in [2.05, 4.69) is 27.7 Å². The molecule has 0 aliphatic carbocycles. The van der Waals surface area contributed by atoms with Crippen molar-refractivity contribution in [2.75, 3.05) is 39.3 Å². The van der Waals surface area contributed by atoms with Gasteiger partial charge in [0.25, 0.3) is 0 Å². The Morgan fingerprint density at radius 1 is 1.00 bits per heavy atom. The standard InChI is InChI=1S/C25H30N4O2/c30-25(28-16-14-27(15-17-28)19-21-9-6-18-31-21)13-12-24-26-22-10-4-5-11-23(22)29(24)20-7-2-1-3-8-20/h1-5,7-8,10-11,21H,6,9,12-19H2. The average molecular weight is 419 g/mol. The molecule has 0 spiro atoms. The Morgan fingerprint density at radius 2 is 1.77 bits per heavy atom. The molecule has 0 saturated carbocycles. The van der Waals surface area contributed by atoms with Gasteiger partial charge >= 0.3 is 0 Å². The van der Waals surface area contributed by atoms with Crippen LogP contribution >= 0.6 is 0 Å². The van der Waals surface area contributed by atoms with Gasteiger partial charge in [-0.15, -0.1) is 0 Å². The highest BCUT2D eigenvalue weighted by atomic mass is 16.5. The van der Waals surface area contributed by atoms with Crippen molar-refractivity contribution in [1.82, 2.24) is 19.4 Å². The predicted molar refractivity (Wildman–Crippen MR) is 121 cm³/mol. The van der Waals surface area contributed by atoms with Crippen molar-refractivity contribution in [1.29, 1.82) is 0 Å². The second kappa shape index (κ2) is 9.20. The lowest BCUT2D eigenvalue weighted by atomic mass is 10.2. The number of carbonyl (C=O) groups excluding carboxylic acids is 1. The molecule has 0 N–H and O–H groups in total. The topological polar surface area (TPSA) is 50.6 Å². The number of carbonyl (C=O) groups is 1. The Hall–Kier alpha value is -2.70. The predicted octanol–water partition coefficient (Wildman–Crippen LogP) is 3.28. The highest BCUT2D eigenvalue weighted by Gasteiger charge is 2.25. The van der Waals surface area contributed by atoms with Gasteiger partial charge in [-0.3, -0.25) is 14.3 Å². The second-order valence-electron chi connectivity index (χ2n) is 8.50. The molecule has 2 saturated heterocycles. The van der Waals surface area contributed by atoms with Gasteiger partial charge in [-0.1, -0.05) is 30.3 Å². The lowest BCUT2D eigenvalue weighted by Crippen LogP contribution is -2.50. The van der Waals surface area contributed by atoms with Gasteiger partial charge in [-0.25, -0.2) is 4.98 Å². The SMILES string of the molecule is O=C(CCc1nc2ccccc2n1-c1ccccc1)N1CCN(CC2CCCO2)CC1. The van der Waals surface area contributed by atoms with E-state index in [0.29, 0.717) is 18.9 Å². The minimum absolute atomic E-state index is 0.225. The van der Waals surface area contributed by atoms with Gasteiger partial charge in [0, 0.05) is 57.9 Å². The maximum atomic E-state index is 12.9. The highest BCUT2D eigenvalue weighted by Crippen LogP contribution is 2.22. The van der Waals surface area contributed by atoms with Crippen molar-refractivity contribution in [2.45, 2.75) is 31.8 Å². The van der Waals surface area contributed by atoms with Crippen LogP contribution in [0.5, 0.6) is 0 Å². The van der Waals surface area contributed by atoms with Crippen LogP contribution in [0.1, 0.15) is 25.1 Å². The lowest BCUT2D eigenvalue weighted by molar-refractivity contribution is -0.133. The molecule has 1 aromatic heterocycles. The molecule has 2 aliphatic rings. The molecular weight excluding hydrogens is 388 g/mol. The van der Waals surface area contributed by atoms with Crippen LogP contribution in [0.2, 0.25) is 0 Å². The van der Waals surface area contributed by atoms with Crippen molar-refractivity contribution < 1.29 is 9.53 Å². The number of amides is 1. The molecule has 1 amide bonds. The maximum absolute atomic E-state index is 12.9. The summed E-state index contributed by atoms with van der Waals surface area (Å²) < 4.78 is 7.94. The quantitative estimate of drug-likeness (QED) is 0.617. The molecule has 0 radical (unpaired) electrons. The third-order valence-corrected chi connectivity index (χ3v) is 6.42. The Bertz CT molecular complexity index is 1020. The molecule has 1 unspecified atom stereocenters. The number of aryl methyl sites for hydroxylation is 1. The largest absolute Gasteiger partial charge is 0.377 e. The van der Waals surface area contributed by atoms with Gasteiger partial charge in [-0.05, 0) is 37.1 Å². The molecule has 2 aliphatic heterocycles. The Labute approximate surface area is 183 Å². The van der Waals surface area contributed by atoms with Gasteiger partial charge in [-0.2, -0.15) is 0 Å². The van der Waals surface area contributed by atoms with Crippen molar-refractivity contribution in [2.24, 2.45) is 0 Å². The first-order chi connectivity index (χ1) is 15.3. The van der Waals surface area contributed by atoms with Crippen LogP contribution in [0.15, 0.2) is 54.6 Å². The number of nitrogens with zero attached hydrogens (tertiary/aromatic N) is 4. The van der Waals surface area contributed by atoms with Crippen molar-refractivity contribution in [3.8, 4) is 5.69 Å². The number of hydrogen-bond donors (Lipinski definition) is 0. The van der Waals surface area contributed by atoms with Crippen LogP contribution in [0.3, 0.4) is 0 Å². The van der Waals surface area contributed by atoms with Gasteiger partial charge < -0.3 is 9.64 Å². The summed E-state index contributed by atoms with van der Waals surface area (Å²) in [5, 5.41) is 0. The summed E-state index contributed by atoms with van der Waals surface area (Å²) in [4.78, 5) is 22.2. The first-order valence-electron chi connectivity index (χ1n) is 11.4. The summed E-state index contributed by atoms with van der Waals surface area (Å²) in [5.41, 5.74) is 3.14. The summed E-state index contributed by atoms with van der Waals surface area (Å²) in [6.07, 6.45) is 3.85. The molecule has 5 rings (SSSR count). The van der Waals surface area contributed by atoms with Gasteiger partial charge in [0.05, 0.1) is 17.1 Å². The van der Waals surface area contributed by atoms with Crippen LogP contribution in [0, 0.1) is 0 Å². The number of piperazine rings is 1. The summed E-state index contributed by atoms with van der Waals surface area (Å²) in [6, 6.07) is 18.4. The molecule has 6 heteroatoms. The molecule has 1 atom stereocenters. The van der Waals surface area contributed by atoms with E-state index < -0.39 is 0 Å².